The summed E-state index contributed by atoms with van der Waals surface area (Å²) in [5.74, 6) is -1.61. The zero-order valence-electron chi connectivity index (χ0n) is 63.0. The predicted octanol–water partition coefficient (Wildman–Crippen LogP) is 22.9. The van der Waals surface area contributed by atoms with Crippen LogP contribution in [0.15, 0.2) is 146 Å². The van der Waals surface area contributed by atoms with E-state index in [4.69, 9.17) is 32.3 Å². The highest BCUT2D eigenvalue weighted by Crippen LogP contribution is 2.45. The van der Waals surface area contributed by atoms with E-state index in [0.29, 0.717) is 19.3 Å². The van der Waals surface area contributed by atoms with Gasteiger partial charge in [-0.3, -0.25) is 32.5 Å². The number of carbonyl (C=O) groups excluding carboxylic acids is 3. The second-order valence-corrected chi connectivity index (χ2v) is 28.7. The van der Waals surface area contributed by atoms with Gasteiger partial charge in [-0.05, 0) is 141 Å². The molecule has 0 amide bonds. The Morgan fingerprint density at radius 1 is 0.287 bits per heavy atom. The van der Waals surface area contributed by atoms with E-state index in [1.807, 2.05) is 0 Å². The highest BCUT2D eigenvalue weighted by atomic mass is 31.2. The second-order valence-electron chi connectivity index (χ2n) is 25.7. The number of unbranched alkanes of at least 4 members (excludes halogenated alkanes) is 26. The molecule has 0 aliphatic carbocycles. The fourth-order valence-corrected chi connectivity index (χ4v) is 11.7. The molecular formula is C83H140O16P2. The summed E-state index contributed by atoms with van der Waals surface area (Å²) in [6.07, 6.45) is 91.6. The van der Waals surface area contributed by atoms with Crippen molar-refractivity contribution < 1.29 is 75.8 Å². The van der Waals surface area contributed by atoms with E-state index in [1.54, 1.807) is 0 Å². The normalized spacial score (nSPS) is 14.8. The quantitative estimate of drug-likeness (QED) is 0.0146. The summed E-state index contributed by atoms with van der Waals surface area (Å²) in [7, 11) is -9.81. The molecule has 0 aromatic rings. The number of allylic oxidation sites excluding steroid dienone is 24. The van der Waals surface area contributed by atoms with Crippen molar-refractivity contribution in [3.8, 4) is 0 Å². The molecule has 0 bridgehead atoms. The van der Waals surface area contributed by atoms with Crippen molar-refractivity contribution in [1.29, 1.82) is 0 Å². The van der Waals surface area contributed by atoms with Crippen molar-refractivity contribution in [3.05, 3.63) is 146 Å². The summed E-state index contributed by atoms with van der Waals surface area (Å²) in [4.78, 5) is 58.7. The third-order valence-corrected chi connectivity index (χ3v) is 17.9. The van der Waals surface area contributed by atoms with Gasteiger partial charge in [0.1, 0.15) is 25.4 Å². The van der Waals surface area contributed by atoms with Gasteiger partial charge in [0, 0.05) is 19.3 Å². The van der Waals surface area contributed by atoms with Gasteiger partial charge < -0.3 is 34.2 Å². The highest BCUT2D eigenvalue weighted by molar-refractivity contribution is 7.47. The lowest BCUT2D eigenvalue weighted by molar-refractivity contribution is -0.161. The molecule has 0 radical (unpaired) electrons. The maximum atomic E-state index is 13.0. The number of hydrogen-bond donors (Lipinski definition) is 4. The van der Waals surface area contributed by atoms with Crippen LogP contribution >= 0.6 is 15.6 Å². The molecule has 0 heterocycles. The predicted molar refractivity (Wildman–Crippen MR) is 417 cm³/mol. The van der Waals surface area contributed by atoms with Crippen LogP contribution in [-0.4, -0.2) is 95.9 Å². The van der Waals surface area contributed by atoms with Crippen molar-refractivity contribution in [3.63, 3.8) is 0 Å². The number of carbonyl (C=O) groups is 3. The molecule has 5 unspecified atom stereocenters. The summed E-state index contributed by atoms with van der Waals surface area (Å²) in [5, 5.41) is 20.6. The first kappa shape index (κ1) is 96.4. The summed E-state index contributed by atoms with van der Waals surface area (Å²) < 4.78 is 61.2. The molecule has 18 heteroatoms. The molecule has 0 aromatic heterocycles. The van der Waals surface area contributed by atoms with Gasteiger partial charge in [0.05, 0.1) is 26.4 Å². The van der Waals surface area contributed by atoms with Gasteiger partial charge in [-0.15, -0.1) is 0 Å². The third kappa shape index (κ3) is 76.4. The molecule has 578 valence electrons. The minimum atomic E-state index is -4.94. The number of hydrogen-bond acceptors (Lipinski definition) is 14. The van der Waals surface area contributed by atoms with Crippen LogP contribution in [-0.2, 0) is 55.8 Å². The Bertz CT molecular complexity index is 2420. The van der Waals surface area contributed by atoms with Crippen LogP contribution < -0.4 is 0 Å². The largest absolute Gasteiger partial charge is 0.472 e. The van der Waals surface area contributed by atoms with Gasteiger partial charge >= 0.3 is 33.6 Å². The number of ether oxygens (including phenoxy) is 3. The number of phosphoric ester groups is 2. The standard InChI is InChI=1S/C83H140O16P2/c1-4-7-10-13-16-19-22-25-28-31-33-35-37-38-40-42-43-46-48-51-54-57-60-63-66-69-81(86)93-72-78(84)73-95-100(89,90)96-74-79(85)75-97-101(91,92)98-77-80(99-83(88)71-68-65-62-59-56-53-50-45-30-27-24-21-18-15-12-9-6-3)76-94-82(87)70-67-64-61-58-55-52-49-47-44-41-39-36-34-32-29-26-23-20-17-14-11-8-5-2/h8-9,11-12,16-21,25-30,33-36,38,40-41,44,78-80,84-85H,4-7,10,13-15,22-24,31-32,37,39,42-43,45-77H2,1-3H3,(H,89,90)(H,91,92)/b11-8-,12-9-,19-16-,20-17-,21-18-,28-25-,29-26-,30-27-,35-33-,36-34-,40-38-,44-41-. The summed E-state index contributed by atoms with van der Waals surface area (Å²) in [6, 6.07) is 0. The Morgan fingerprint density at radius 3 is 0.832 bits per heavy atom. The van der Waals surface area contributed by atoms with E-state index >= 15 is 0 Å². The molecule has 0 aromatic carbocycles. The Balaban J connectivity index is 4.66. The molecule has 0 aliphatic rings. The topological polar surface area (TPSA) is 231 Å². The molecule has 5 atom stereocenters. The summed E-state index contributed by atoms with van der Waals surface area (Å²) in [5.41, 5.74) is 0. The Labute approximate surface area is 613 Å². The first-order chi connectivity index (χ1) is 49.2. The molecule has 0 saturated carbocycles. The van der Waals surface area contributed by atoms with E-state index in [2.05, 4.69) is 167 Å². The second kappa shape index (κ2) is 75.1. The van der Waals surface area contributed by atoms with Crippen molar-refractivity contribution in [2.24, 2.45) is 0 Å². The zero-order chi connectivity index (χ0) is 73.7. The monoisotopic (exact) mass is 1450 g/mol. The molecule has 0 spiro atoms. The lowest BCUT2D eigenvalue weighted by Crippen LogP contribution is -2.30. The molecule has 0 saturated heterocycles. The third-order valence-electron chi connectivity index (χ3n) is 16.0. The van der Waals surface area contributed by atoms with Gasteiger partial charge in [0.15, 0.2) is 6.10 Å². The average Bonchev–Trinajstić information content (AvgIpc) is 0.941. The van der Waals surface area contributed by atoms with Gasteiger partial charge in [0.25, 0.3) is 0 Å². The van der Waals surface area contributed by atoms with Crippen molar-refractivity contribution >= 4 is 33.6 Å². The van der Waals surface area contributed by atoms with E-state index in [9.17, 15) is 43.5 Å². The smallest absolute Gasteiger partial charge is 0.463 e. The lowest BCUT2D eigenvalue weighted by Gasteiger charge is -2.21. The van der Waals surface area contributed by atoms with Gasteiger partial charge in [-0.2, -0.15) is 0 Å². The van der Waals surface area contributed by atoms with E-state index in [-0.39, 0.29) is 19.3 Å². The van der Waals surface area contributed by atoms with Crippen LogP contribution in [0.2, 0.25) is 0 Å². The van der Waals surface area contributed by atoms with Crippen LogP contribution in [0.3, 0.4) is 0 Å². The molecule has 0 rings (SSSR count). The summed E-state index contributed by atoms with van der Waals surface area (Å²) in [6.45, 7) is 2.40. The van der Waals surface area contributed by atoms with Gasteiger partial charge in [-0.1, -0.05) is 289 Å². The van der Waals surface area contributed by atoms with Crippen LogP contribution in [0.5, 0.6) is 0 Å². The average molecular weight is 1460 g/mol. The lowest BCUT2D eigenvalue weighted by atomic mass is 10.1. The zero-order valence-corrected chi connectivity index (χ0v) is 64.8. The van der Waals surface area contributed by atoms with Gasteiger partial charge in [-0.25, -0.2) is 9.13 Å². The number of esters is 3. The maximum absolute atomic E-state index is 13.0. The molecule has 16 nitrogen and oxygen atoms in total. The molecule has 101 heavy (non-hydrogen) atoms. The Hall–Kier alpha value is -4.57. The van der Waals surface area contributed by atoms with Crippen LogP contribution in [0, 0.1) is 0 Å². The number of phosphoric acid groups is 2. The Morgan fingerprint density at radius 2 is 0.525 bits per heavy atom. The number of aliphatic hydroxyl groups excluding tert-OH is 2. The van der Waals surface area contributed by atoms with Crippen LogP contribution in [0.4, 0.5) is 0 Å². The minimum Gasteiger partial charge on any atom is -0.463 e. The molecule has 0 aliphatic heterocycles. The molecule has 4 N–H and O–H groups in total. The van der Waals surface area contributed by atoms with E-state index < -0.39 is 91.5 Å². The number of aliphatic hydroxyl groups is 2. The highest BCUT2D eigenvalue weighted by Gasteiger charge is 2.29. The Kier molecular flexibility index (Phi) is 71.7. The molecule has 0 fully saturated rings. The fraction of sp³-hybridized carbons (Fsp3) is 0.675. The fourth-order valence-electron chi connectivity index (χ4n) is 10.1. The first-order valence-corrected chi connectivity index (χ1v) is 42.1. The van der Waals surface area contributed by atoms with Gasteiger partial charge in [0.2, 0.25) is 0 Å². The number of rotatable bonds is 73. The first-order valence-electron chi connectivity index (χ1n) is 39.1. The van der Waals surface area contributed by atoms with Crippen molar-refractivity contribution in [2.75, 3.05) is 39.6 Å². The molecular weight excluding hydrogens is 1310 g/mol. The van der Waals surface area contributed by atoms with Crippen molar-refractivity contribution in [1.82, 2.24) is 0 Å². The summed E-state index contributed by atoms with van der Waals surface area (Å²) >= 11 is 0. The maximum Gasteiger partial charge on any atom is 0.472 e. The van der Waals surface area contributed by atoms with Crippen LogP contribution in [0.25, 0.3) is 0 Å². The van der Waals surface area contributed by atoms with E-state index in [0.717, 1.165) is 193 Å². The van der Waals surface area contributed by atoms with Crippen LogP contribution in [0.1, 0.15) is 303 Å². The van der Waals surface area contributed by atoms with Crippen molar-refractivity contribution in [2.45, 2.75) is 322 Å². The van der Waals surface area contributed by atoms with E-state index in [1.165, 1.54) is 51.4 Å². The minimum absolute atomic E-state index is 0.0862. The SMILES string of the molecule is CC/C=C\C/C=C\C/C=C\C/C=C\C/C=C\CCCCCCCCCC(=O)OCC(COP(=O)(O)OCC(O)COP(=O)(O)OCC(O)COC(=O)CCCCCCCCCCC/C=C\C/C=C\C/C=C\C/C=C\CCCCC)OC(=O)CCCCCCCCC/C=C\C/C=C\C/C=C\CC.